The van der Waals surface area contributed by atoms with Gasteiger partial charge in [0.2, 0.25) is 10.0 Å². The van der Waals surface area contributed by atoms with Gasteiger partial charge < -0.3 is 19.9 Å². The van der Waals surface area contributed by atoms with Crippen LogP contribution in [-0.2, 0) is 10.0 Å². The minimum Gasteiger partial charge on any atom is -0.506 e. The van der Waals surface area contributed by atoms with E-state index >= 15 is 0 Å². The molecule has 0 fully saturated rings. The molecule has 176 valence electrons. The summed E-state index contributed by atoms with van der Waals surface area (Å²) in [5.74, 6) is 0.672. The number of carbonyl (C=O) groups excluding carboxylic acids is 1. The Balaban J connectivity index is 2.25. The summed E-state index contributed by atoms with van der Waals surface area (Å²) < 4.78 is 37.9. The molecule has 0 saturated heterocycles. The van der Waals surface area contributed by atoms with Crippen LogP contribution in [0.15, 0.2) is 41.3 Å². The lowest BCUT2D eigenvalue weighted by Crippen LogP contribution is -2.30. The number of phenols is 1. The summed E-state index contributed by atoms with van der Waals surface area (Å²) >= 11 is 0. The Kier molecular flexibility index (Phi) is 8.91. The first kappa shape index (κ1) is 25.5. The van der Waals surface area contributed by atoms with Gasteiger partial charge in [-0.1, -0.05) is 27.7 Å². The number of rotatable bonds is 11. The van der Waals surface area contributed by atoms with E-state index in [4.69, 9.17) is 9.47 Å². The van der Waals surface area contributed by atoms with Gasteiger partial charge in [0.15, 0.2) is 11.5 Å². The number of nitrogens with zero attached hydrogens (tertiary/aromatic N) is 1. The highest BCUT2D eigenvalue weighted by Gasteiger charge is 2.23. The minimum absolute atomic E-state index is 0.000502. The molecule has 0 unspecified atom stereocenters. The Morgan fingerprint density at radius 2 is 1.78 bits per heavy atom. The molecule has 2 aromatic carbocycles. The average Bonchev–Trinajstić information content (AvgIpc) is 2.75. The smallest absolute Gasteiger partial charge is 0.255 e. The Hall–Kier alpha value is -2.78. The third kappa shape index (κ3) is 6.14. The molecule has 0 atom stereocenters. The maximum atomic E-state index is 12.8. The Bertz CT molecular complexity index is 1030. The molecule has 0 bridgehead atoms. The van der Waals surface area contributed by atoms with E-state index in [0.29, 0.717) is 37.1 Å². The number of methoxy groups -OCH3 is 1. The fourth-order valence-electron chi connectivity index (χ4n) is 3.02. The molecule has 9 heteroatoms. The van der Waals surface area contributed by atoms with Crippen LogP contribution in [0.3, 0.4) is 0 Å². The summed E-state index contributed by atoms with van der Waals surface area (Å²) in [6.07, 6.45) is 0.886. The van der Waals surface area contributed by atoms with Crippen LogP contribution >= 0.6 is 0 Å². The molecule has 0 aliphatic rings. The zero-order valence-corrected chi connectivity index (χ0v) is 20.0. The average molecular weight is 465 g/mol. The second-order valence-electron chi connectivity index (χ2n) is 7.62. The molecule has 0 heterocycles. The molecule has 0 aliphatic heterocycles. The maximum absolute atomic E-state index is 12.8. The van der Waals surface area contributed by atoms with Crippen molar-refractivity contribution in [3.63, 3.8) is 0 Å². The highest BCUT2D eigenvalue weighted by atomic mass is 32.2. The van der Waals surface area contributed by atoms with E-state index in [1.54, 1.807) is 26.0 Å². The van der Waals surface area contributed by atoms with Crippen molar-refractivity contribution in [2.75, 3.05) is 32.1 Å². The van der Waals surface area contributed by atoms with Gasteiger partial charge in [-0.3, -0.25) is 4.79 Å². The van der Waals surface area contributed by atoms with E-state index in [1.165, 1.54) is 35.7 Å². The summed E-state index contributed by atoms with van der Waals surface area (Å²) in [6.45, 7) is 8.85. The molecule has 2 N–H and O–H groups in total. The van der Waals surface area contributed by atoms with Crippen LogP contribution in [0.25, 0.3) is 0 Å². The lowest BCUT2D eigenvalue weighted by Gasteiger charge is -2.19. The van der Waals surface area contributed by atoms with Crippen molar-refractivity contribution in [1.82, 2.24) is 4.31 Å². The summed E-state index contributed by atoms with van der Waals surface area (Å²) in [7, 11) is -2.25. The molecule has 1 amide bonds. The standard InChI is InChI=1S/C23H32N2O6S/c1-6-25(7-2)32(28,29)18-9-10-20(26)19(15-18)24-23(27)17-8-11-21(22(14-17)30-5)31-13-12-16(3)4/h8-11,14-16,26H,6-7,12-13H2,1-5H3,(H,24,27). The molecule has 0 saturated carbocycles. The molecule has 0 aromatic heterocycles. The van der Waals surface area contributed by atoms with Gasteiger partial charge in [-0.05, 0) is 48.7 Å². The first-order chi connectivity index (χ1) is 15.1. The van der Waals surface area contributed by atoms with Gasteiger partial charge in [0.1, 0.15) is 5.75 Å². The van der Waals surface area contributed by atoms with Crippen LogP contribution in [0.4, 0.5) is 5.69 Å². The summed E-state index contributed by atoms with van der Waals surface area (Å²) in [4.78, 5) is 12.8. The highest BCUT2D eigenvalue weighted by Crippen LogP contribution is 2.31. The number of hydrogen-bond acceptors (Lipinski definition) is 6. The van der Waals surface area contributed by atoms with Gasteiger partial charge in [0.25, 0.3) is 5.91 Å². The van der Waals surface area contributed by atoms with Gasteiger partial charge in [0.05, 0.1) is 24.3 Å². The number of phenolic OH excluding ortho intramolecular Hbond substituents is 1. The zero-order valence-electron chi connectivity index (χ0n) is 19.2. The van der Waals surface area contributed by atoms with Crippen molar-refractivity contribution in [3.05, 3.63) is 42.0 Å². The third-order valence-electron chi connectivity index (χ3n) is 4.94. The highest BCUT2D eigenvalue weighted by molar-refractivity contribution is 7.89. The van der Waals surface area contributed by atoms with Crippen molar-refractivity contribution in [2.45, 2.75) is 39.0 Å². The second-order valence-corrected chi connectivity index (χ2v) is 9.56. The van der Waals surface area contributed by atoms with Crippen LogP contribution in [-0.4, -0.2) is 50.5 Å². The predicted octanol–water partition coefficient (Wildman–Crippen LogP) is 4.11. The van der Waals surface area contributed by atoms with Gasteiger partial charge in [-0.2, -0.15) is 4.31 Å². The van der Waals surface area contributed by atoms with E-state index in [9.17, 15) is 18.3 Å². The summed E-state index contributed by atoms with van der Waals surface area (Å²) in [6, 6.07) is 8.57. The molecule has 0 aliphatic carbocycles. The van der Waals surface area contributed by atoms with E-state index < -0.39 is 15.9 Å². The predicted molar refractivity (Wildman–Crippen MR) is 124 cm³/mol. The van der Waals surface area contributed by atoms with Gasteiger partial charge in [-0.15, -0.1) is 0 Å². The fourth-order valence-corrected chi connectivity index (χ4v) is 4.50. The Morgan fingerprint density at radius 3 is 2.38 bits per heavy atom. The lowest BCUT2D eigenvalue weighted by molar-refractivity contribution is 0.102. The Labute approximate surface area is 190 Å². The first-order valence-electron chi connectivity index (χ1n) is 10.6. The van der Waals surface area contributed by atoms with Crippen molar-refractivity contribution in [3.8, 4) is 17.2 Å². The number of hydrogen-bond donors (Lipinski definition) is 2. The van der Waals surface area contributed by atoms with E-state index in [1.807, 2.05) is 0 Å². The zero-order chi connectivity index (χ0) is 23.9. The third-order valence-corrected chi connectivity index (χ3v) is 6.98. The minimum atomic E-state index is -3.74. The number of benzene rings is 2. The van der Waals surface area contributed by atoms with Crippen LogP contribution in [0.1, 0.15) is 44.5 Å². The van der Waals surface area contributed by atoms with Crippen molar-refractivity contribution < 1.29 is 27.8 Å². The van der Waals surface area contributed by atoms with Crippen molar-refractivity contribution >= 4 is 21.6 Å². The number of sulfonamides is 1. The van der Waals surface area contributed by atoms with Crippen LogP contribution in [0.5, 0.6) is 17.2 Å². The number of aromatic hydroxyl groups is 1. The SMILES string of the molecule is CCN(CC)S(=O)(=O)c1ccc(O)c(NC(=O)c2ccc(OCCC(C)C)c(OC)c2)c1. The molecule has 2 rings (SSSR count). The van der Waals surface area contributed by atoms with Crippen LogP contribution < -0.4 is 14.8 Å². The van der Waals surface area contributed by atoms with Gasteiger partial charge in [-0.25, -0.2) is 8.42 Å². The first-order valence-corrected chi connectivity index (χ1v) is 12.0. The number of carbonyl (C=O) groups is 1. The van der Waals surface area contributed by atoms with Gasteiger partial charge in [0, 0.05) is 18.7 Å². The van der Waals surface area contributed by atoms with Crippen LogP contribution in [0, 0.1) is 5.92 Å². The monoisotopic (exact) mass is 464 g/mol. The quantitative estimate of drug-likeness (QED) is 0.485. The summed E-state index contributed by atoms with van der Waals surface area (Å²) in [5.41, 5.74) is 0.272. The number of nitrogens with one attached hydrogen (secondary N) is 1. The van der Waals surface area contributed by atoms with E-state index in [-0.39, 0.29) is 21.9 Å². The molecule has 0 spiro atoms. The second kappa shape index (κ2) is 11.2. The van der Waals surface area contributed by atoms with Crippen molar-refractivity contribution in [1.29, 1.82) is 0 Å². The number of anilines is 1. The van der Waals surface area contributed by atoms with Crippen molar-refractivity contribution in [2.24, 2.45) is 5.92 Å². The molecular formula is C23H32N2O6S. The van der Waals surface area contributed by atoms with E-state index in [0.717, 1.165) is 6.42 Å². The van der Waals surface area contributed by atoms with E-state index in [2.05, 4.69) is 19.2 Å². The van der Waals surface area contributed by atoms with Gasteiger partial charge >= 0.3 is 0 Å². The fraction of sp³-hybridized carbons (Fsp3) is 0.435. The molecule has 32 heavy (non-hydrogen) atoms. The summed E-state index contributed by atoms with van der Waals surface area (Å²) in [5, 5.41) is 12.7. The largest absolute Gasteiger partial charge is 0.506 e. The lowest BCUT2D eigenvalue weighted by atomic mass is 10.1. The normalized spacial score (nSPS) is 11.6. The van der Waals surface area contributed by atoms with Crippen LogP contribution in [0.2, 0.25) is 0 Å². The molecule has 2 aromatic rings. The maximum Gasteiger partial charge on any atom is 0.255 e. The number of ether oxygens (including phenoxy) is 2. The molecule has 8 nitrogen and oxygen atoms in total. The molecular weight excluding hydrogens is 432 g/mol. The molecule has 0 radical (unpaired) electrons. The number of amides is 1. The topological polar surface area (TPSA) is 105 Å². The Morgan fingerprint density at radius 1 is 1.09 bits per heavy atom.